The third-order valence-corrected chi connectivity index (χ3v) is 3.24. The third-order valence-electron chi connectivity index (χ3n) is 3.24. The van der Waals surface area contributed by atoms with Crippen molar-refractivity contribution in [1.29, 1.82) is 0 Å². The number of hydrogen-bond acceptors (Lipinski definition) is 5. The lowest BCUT2D eigenvalue weighted by Crippen LogP contribution is -2.61. The van der Waals surface area contributed by atoms with Crippen LogP contribution in [0.4, 0.5) is 13.2 Å². The van der Waals surface area contributed by atoms with Gasteiger partial charge in [-0.25, -0.2) is 9.48 Å². The summed E-state index contributed by atoms with van der Waals surface area (Å²) in [5, 5.41) is 20.2. The molecular weight excluding hydrogens is 295 g/mol. The smallest absolute Gasteiger partial charge is 0.422 e. The molecule has 0 radical (unpaired) electrons. The second-order valence-electron chi connectivity index (χ2n) is 4.78. The predicted molar refractivity (Wildman–Crippen MR) is 61.5 cm³/mol. The van der Waals surface area contributed by atoms with E-state index in [1.165, 1.54) is 16.2 Å². The van der Waals surface area contributed by atoms with Crippen LogP contribution < -0.4 is 10.6 Å². The maximum atomic E-state index is 12.8. The lowest BCUT2D eigenvalue weighted by atomic mass is 10.0. The third kappa shape index (κ3) is 2.68. The van der Waals surface area contributed by atoms with Crippen LogP contribution in [-0.2, 0) is 4.79 Å². The number of carbonyl (C=O) groups excluding carboxylic acids is 1. The zero-order valence-corrected chi connectivity index (χ0v) is 10.8. The number of aromatic nitrogens is 3. The van der Waals surface area contributed by atoms with E-state index in [1.54, 1.807) is 0 Å². The number of carbonyl (C=O) groups is 2. The Morgan fingerprint density at radius 1 is 1.48 bits per heavy atom. The summed E-state index contributed by atoms with van der Waals surface area (Å²) in [6.07, 6.45) is -3.97. The first-order valence-corrected chi connectivity index (χ1v) is 5.90. The molecule has 11 heteroatoms. The number of rotatable bonds is 4. The van der Waals surface area contributed by atoms with Crippen molar-refractivity contribution in [2.45, 2.75) is 24.7 Å². The zero-order chi connectivity index (χ0) is 15.8. The summed E-state index contributed by atoms with van der Waals surface area (Å²) in [4.78, 5) is 22.6. The van der Waals surface area contributed by atoms with E-state index in [0.29, 0.717) is 20.0 Å². The minimum atomic E-state index is -5.15. The number of aliphatic carboxylic acids is 1. The maximum Gasteiger partial charge on any atom is 0.422 e. The van der Waals surface area contributed by atoms with Crippen molar-refractivity contribution in [3.05, 3.63) is 11.9 Å². The normalized spacial score (nSPS) is 18.7. The number of amides is 1. The molecule has 0 aliphatic carbocycles. The van der Waals surface area contributed by atoms with Crippen LogP contribution in [0, 0.1) is 0 Å². The van der Waals surface area contributed by atoms with Gasteiger partial charge in [-0.05, 0) is 6.92 Å². The van der Waals surface area contributed by atoms with E-state index in [0.717, 1.165) is 0 Å². The highest BCUT2D eigenvalue weighted by Crippen LogP contribution is 2.30. The molecule has 2 rings (SSSR count). The van der Waals surface area contributed by atoms with Crippen molar-refractivity contribution in [1.82, 2.24) is 25.6 Å². The van der Waals surface area contributed by atoms with Gasteiger partial charge in [-0.2, -0.15) is 13.2 Å². The van der Waals surface area contributed by atoms with Crippen molar-refractivity contribution in [2.75, 3.05) is 13.1 Å². The summed E-state index contributed by atoms with van der Waals surface area (Å²) in [5.74, 6) is -3.46. The Labute approximate surface area is 116 Å². The van der Waals surface area contributed by atoms with E-state index in [4.69, 9.17) is 5.11 Å². The minimum Gasteiger partial charge on any atom is -0.479 e. The summed E-state index contributed by atoms with van der Waals surface area (Å²) in [6.45, 7) is 1.59. The summed E-state index contributed by atoms with van der Waals surface area (Å²) in [6, 6.07) is -0.0208. The van der Waals surface area contributed by atoms with Gasteiger partial charge in [-0.15, -0.1) is 5.10 Å². The molecule has 1 aliphatic rings. The van der Waals surface area contributed by atoms with Crippen molar-refractivity contribution >= 4 is 11.9 Å². The molecule has 1 unspecified atom stereocenters. The molecule has 0 aromatic carbocycles. The largest absolute Gasteiger partial charge is 0.479 e. The average molecular weight is 307 g/mol. The molecular formula is C10H12F3N5O3. The molecule has 1 atom stereocenters. The topological polar surface area (TPSA) is 109 Å². The van der Waals surface area contributed by atoms with Crippen LogP contribution in [0.25, 0.3) is 0 Å². The average Bonchev–Trinajstić information content (AvgIpc) is 2.73. The second kappa shape index (κ2) is 4.98. The standard InChI is InChI=1S/C10H12F3N5O3/c1-9(8(20)21,10(11,12)13)15-7(19)6-4-18(17-16-6)5-2-14-3-5/h4-5,14H,2-3H2,1H3,(H,15,19)(H,20,21). The molecule has 116 valence electrons. The van der Waals surface area contributed by atoms with Gasteiger partial charge in [-0.3, -0.25) is 4.79 Å². The first-order valence-electron chi connectivity index (χ1n) is 5.90. The van der Waals surface area contributed by atoms with Gasteiger partial charge >= 0.3 is 12.1 Å². The van der Waals surface area contributed by atoms with Gasteiger partial charge in [0.15, 0.2) is 5.69 Å². The fourth-order valence-corrected chi connectivity index (χ4v) is 1.56. The highest BCUT2D eigenvalue weighted by Gasteiger charge is 2.58. The van der Waals surface area contributed by atoms with Gasteiger partial charge in [0.25, 0.3) is 5.91 Å². The molecule has 8 nitrogen and oxygen atoms in total. The summed E-state index contributed by atoms with van der Waals surface area (Å²) < 4.78 is 39.7. The van der Waals surface area contributed by atoms with Crippen LogP contribution in [0.5, 0.6) is 0 Å². The minimum absolute atomic E-state index is 0.0208. The second-order valence-corrected chi connectivity index (χ2v) is 4.78. The van der Waals surface area contributed by atoms with Crippen LogP contribution in [-0.4, -0.2) is 56.8 Å². The Hall–Kier alpha value is -2.17. The number of halogens is 3. The van der Waals surface area contributed by atoms with Crippen molar-refractivity contribution in [3.8, 4) is 0 Å². The van der Waals surface area contributed by atoms with Crippen molar-refractivity contribution < 1.29 is 27.9 Å². The fourth-order valence-electron chi connectivity index (χ4n) is 1.56. The van der Waals surface area contributed by atoms with Crippen LogP contribution in [0.15, 0.2) is 6.20 Å². The molecule has 2 heterocycles. The molecule has 1 saturated heterocycles. The SMILES string of the molecule is CC(NC(=O)c1cn(C2CNC2)nn1)(C(=O)O)C(F)(F)F. The van der Waals surface area contributed by atoms with Gasteiger partial charge in [0.05, 0.1) is 12.2 Å². The first-order chi connectivity index (χ1) is 9.65. The molecule has 1 amide bonds. The van der Waals surface area contributed by atoms with Crippen LogP contribution in [0.1, 0.15) is 23.5 Å². The monoisotopic (exact) mass is 307 g/mol. The molecule has 3 N–H and O–H groups in total. The van der Waals surface area contributed by atoms with E-state index in [2.05, 4.69) is 15.6 Å². The summed E-state index contributed by atoms with van der Waals surface area (Å²) in [5.41, 5.74) is -3.77. The quantitative estimate of drug-likeness (QED) is 0.695. The van der Waals surface area contributed by atoms with Gasteiger partial charge < -0.3 is 15.7 Å². The Morgan fingerprint density at radius 3 is 2.52 bits per heavy atom. The van der Waals surface area contributed by atoms with Crippen LogP contribution >= 0.6 is 0 Å². The number of nitrogens with zero attached hydrogens (tertiary/aromatic N) is 3. The molecule has 0 spiro atoms. The Bertz CT molecular complexity index is 569. The number of hydrogen-bond donors (Lipinski definition) is 3. The van der Waals surface area contributed by atoms with Gasteiger partial charge in [0.2, 0.25) is 5.54 Å². The molecule has 1 aromatic rings. The molecule has 1 aliphatic heterocycles. The van der Waals surface area contributed by atoms with E-state index in [9.17, 15) is 22.8 Å². The van der Waals surface area contributed by atoms with E-state index in [1.807, 2.05) is 0 Å². The van der Waals surface area contributed by atoms with E-state index < -0.39 is 23.6 Å². The number of nitrogens with one attached hydrogen (secondary N) is 2. The van der Waals surface area contributed by atoms with Gasteiger partial charge in [0.1, 0.15) is 0 Å². The highest BCUT2D eigenvalue weighted by atomic mass is 19.4. The number of carboxylic acids is 1. The lowest BCUT2D eigenvalue weighted by Gasteiger charge is -2.28. The molecule has 0 bridgehead atoms. The van der Waals surface area contributed by atoms with E-state index in [-0.39, 0.29) is 11.7 Å². The number of alkyl halides is 3. The first kappa shape index (κ1) is 15.2. The number of carboxylic acid groups (broad SMARTS) is 1. The molecule has 1 aromatic heterocycles. The zero-order valence-electron chi connectivity index (χ0n) is 10.8. The maximum absolute atomic E-state index is 12.8. The van der Waals surface area contributed by atoms with Crippen molar-refractivity contribution in [2.24, 2.45) is 0 Å². The fraction of sp³-hybridized carbons (Fsp3) is 0.600. The van der Waals surface area contributed by atoms with Crippen LogP contribution in [0.3, 0.4) is 0 Å². The molecule has 0 saturated carbocycles. The van der Waals surface area contributed by atoms with Gasteiger partial charge in [-0.1, -0.05) is 5.21 Å². The van der Waals surface area contributed by atoms with Crippen molar-refractivity contribution in [3.63, 3.8) is 0 Å². The summed E-state index contributed by atoms with van der Waals surface area (Å²) >= 11 is 0. The lowest BCUT2D eigenvalue weighted by molar-refractivity contribution is -0.203. The van der Waals surface area contributed by atoms with Crippen LogP contribution in [0.2, 0.25) is 0 Å². The molecule has 1 fully saturated rings. The molecule has 21 heavy (non-hydrogen) atoms. The van der Waals surface area contributed by atoms with E-state index >= 15 is 0 Å². The Kier molecular flexibility index (Phi) is 3.61. The Balaban J connectivity index is 2.15. The Morgan fingerprint density at radius 2 is 2.10 bits per heavy atom. The summed E-state index contributed by atoms with van der Waals surface area (Å²) in [7, 11) is 0. The highest BCUT2D eigenvalue weighted by molar-refractivity contribution is 5.96. The van der Waals surface area contributed by atoms with Gasteiger partial charge in [0, 0.05) is 13.1 Å². The predicted octanol–water partition coefficient (Wildman–Crippen LogP) is -0.442.